The van der Waals surface area contributed by atoms with Gasteiger partial charge in [-0.1, -0.05) is 25.1 Å². The van der Waals surface area contributed by atoms with E-state index in [4.69, 9.17) is 9.15 Å². The van der Waals surface area contributed by atoms with Crippen LogP contribution in [0.5, 0.6) is 0 Å². The minimum absolute atomic E-state index is 0.0487. The molecule has 1 saturated heterocycles. The number of halogens is 3. The highest BCUT2D eigenvalue weighted by molar-refractivity contribution is 5.96. The lowest BCUT2D eigenvalue weighted by molar-refractivity contribution is -0.140. The molecular weight excluding hydrogens is 379 g/mol. The lowest BCUT2D eigenvalue weighted by atomic mass is 10.0. The first-order valence-corrected chi connectivity index (χ1v) is 8.65. The van der Waals surface area contributed by atoms with Gasteiger partial charge in [0.2, 0.25) is 0 Å². The fraction of sp³-hybridized carbons (Fsp3) is 0.368. The van der Waals surface area contributed by atoms with Gasteiger partial charge in [-0.05, 0) is 11.6 Å². The number of aryl methyl sites for hydroxylation is 1. The van der Waals surface area contributed by atoms with E-state index in [1.54, 1.807) is 6.92 Å². The Kier molecular flexibility index (Phi) is 5.46. The number of morpholine rings is 1. The second-order valence-corrected chi connectivity index (χ2v) is 6.30. The summed E-state index contributed by atoms with van der Waals surface area (Å²) >= 11 is 0. The average molecular weight is 397 g/mol. The molecule has 1 unspecified atom stereocenters. The molecule has 1 amide bonds. The zero-order chi connectivity index (χ0) is 20.5. The second-order valence-electron chi connectivity index (χ2n) is 6.30. The summed E-state index contributed by atoms with van der Waals surface area (Å²) in [6.45, 7) is 1.80. The number of nitrogens with zero attached hydrogens (tertiary/aromatic N) is 1. The number of ether oxygens (including phenoxy) is 1. The highest BCUT2D eigenvalue weighted by Gasteiger charge is 2.37. The Balaban J connectivity index is 1.85. The third-order valence-corrected chi connectivity index (χ3v) is 4.54. The van der Waals surface area contributed by atoms with Crippen LogP contribution in [0.1, 0.15) is 50.8 Å². The molecule has 150 valence electrons. The number of carboxylic acid groups (broad SMARTS) is 1. The van der Waals surface area contributed by atoms with Crippen LogP contribution in [0.2, 0.25) is 0 Å². The summed E-state index contributed by atoms with van der Waals surface area (Å²) in [5, 5.41) is 9.19. The molecule has 6 nitrogen and oxygen atoms in total. The van der Waals surface area contributed by atoms with Gasteiger partial charge in [0.05, 0.1) is 18.7 Å². The van der Waals surface area contributed by atoms with Crippen LogP contribution in [0.25, 0.3) is 0 Å². The number of carbonyl (C=O) groups excluding carboxylic acids is 1. The van der Waals surface area contributed by atoms with Crippen LogP contribution in [0.4, 0.5) is 13.2 Å². The minimum Gasteiger partial charge on any atom is -0.478 e. The maximum atomic E-state index is 13.3. The summed E-state index contributed by atoms with van der Waals surface area (Å²) in [6.07, 6.45) is -5.20. The number of hydrogen-bond acceptors (Lipinski definition) is 4. The Labute approximate surface area is 158 Å². The first kappa shape index (κ1) is 19.9. The number of hydrogen-bond donors (Lipinski definition) is 1. The van der Waals surface area contributed by atoms with E-state index in [-0.39, 0.29) is 42.3 Å². The van der Waals surface area contributed by atoms with Crippen molar-refractivity contribution < 1.29 is 37.0 Å². The van der Waals surface area contributed by atoms with Crippen molar-refractivity contribution in [2.45, 2.75) is 25.6 Å². The number of benzene rings is 1. The van der Waals surface area contributed by atoms with E-state index in [1.807, 2.05) is 0 Å². The maximum Gasteiger partial charge on any atom is 0.416 e. The SMILES string of the molecule is CCc1oc(C(=O)N2CCOC(c3ccccc3C(F)(F)F)C2)cc1C(=O)O. The minimum atomic E-state index is -4.54. The molecule has 2 heterocycles. The summed E-state index contributed by atoms with van der Waals surface area (Å²) in [5.74, 6) is -1.78. The monoisotopic (exact) mass is 397 g/mol. The van der Waals surface area contributed by atoms with Crippen molar-refractivity contribution in [2.24, 2.45) is 0 Å². The fourth-order valence-electron chi connectivity index (χ4n) is 3.19. The van der Waals surface area contributed by atoms with E-state index >= 15 is 0 Å². The van der Waals surface area contributed by atoms with Crippen LogP contribution in [0.15, 0.2) is 34.7 Å². The van der Waals surface area contributed by atoms with Gasteiger partial charge in [-0.25, -0.2) is 4.79 Å². The molecule has 28 heavy (non-hydrogen) atoms. The number of rotatable bonds is 4. The van der Waals surface area contributed by atoms with Crippen molar-refractivity contribution in [3.63, 3.8) is 0 Å². The molecule has 1 aliphatic heterocycles. The Morgan fingerprint density at radius 3 is 2.61 bits per heavy atom. The summed E-state index contributed by atoms with van der Waals surface area (Å²) in [4.78, 5) is 25.3. The third-order valence-electron chi connectivity index (χ3n) is 4.54. The summed E-state index contributed by atoms with van der Waals surface area (Å²) in [7, 11) is 0. The molecule has 0 spiro atoms. The quantitative estimate of drug-likeness (QED) is 0.850. The Morgan fingerprint density at radius 1 is 1.29 bits per heavy atom. The lowest BCUT2D eigenvalue weighted by Gasteiger charge is -2.33. The number of alkyl halides is 3. The van der Waals surface area contributed by atoms with Crippen molar-refractivity contribution in [3.8, 4) is 0 Å². The molecule has 1 N–H and O–H groups in total. The highest BCUT2D eigenvalue weighted by Crippen LogP contribution is 2.36. The molecule has 1 aliphatic rings. The predicted molar refractivity (Wildman–Crippen MR) is 91.1 cm³/mol. The van der Waals surface area contributed by atoms with E-state index in [2.05, 4.69) is 0 Å². The van der Waals surface area contributed by atoms with E-state index in [0.29, 0.717) is 6.42 Å². The third kappa shape index (κ3) is 3.89. The molecule has 2 aromatic rings. The van der Waals surface area contributed by atoms with Crippen LogP contribution in [0, 0.1) is 0 Å². The van der Waals surface area contributed by atoms with Crippen LogP contribution in [0.3, 0.4) is 0 Å². The molecule has 9 heteroatoms. The highest BCUT2D eigenvalue weighted by atomic mass is 19.4. The second kappa shape index (κ2) is 7.67. The maximum absolute atomic E-state index is 13.3. The number of furan rings is 1. The van der Waals surface area contributed by atoms with E-state index in [9.17, 15) is 27.9 Å². The lowest BCUT2D eigenvalue weighted by Crippen LogP contribution is -2.42. The standard InChI is InChI=1S/C19H18F3NO5/c1-2-14-12(18(25)26)9-15(28-14)17(24)23-7-8-27-16(10-23)11-5-3-4-6-13(11)19(20,21)22/h3-6,9,16H,2,7-8,10H2,1H3,(H,25,26). The van der Waals surface area contributed by atoms with E-state index in [1.165, 1.54) is 23.1 Å². The number of amides is 1. The largest absolute Gasteiger partial charge is 0.478 e. The topological polar surface area (TPSA) is 80.0 Å². The van der Waals surface area contributed by atoms with Crippen molar-refractivity contribution in [1.82, 2.24) is 4.90 Å². The molecule has 1 aromatic heterocycles. The Hall–Kier alpha value is -2.81. The number of aromatic carboxylic acids is 1. The molecule has 0 radical (unpaired) electrons. The van der Waals surface area contributed by atoms with Crippen molar-refractivity contribution in [3.05, 3.63) is 58.5 Å². The van der Waals surface area contributed by atoms with Gasteiger partial charge >= 0.3 is 12.1 Å². The van der Waals surface area contributed by atoms with E-state index < -0.39 is 29.7 Å². The zero-order valence-corrected chi connectivity index (χ0v) is 15.0. The Bertz CT molecular complexity index is 890. The van der Waals surface area contributed by atoms with Gasteiger partial charge in [0, 0.05) is 19.0 Å². The molecule has 0 aliphatic carbocycles. The van der Waals surface area contributed by atoms with Gasteiger partial charge in [-0.2, -0.15) is 13.2 Å². The fourth-order valence-corrected chi connectivity index (χ4v) is 3.19. The van der Waals surface area contributed by atoms with Crippen LogP contribution in [-0.4, -0.2) is 41.6 Å². The van der Waals surface area contributed by atoms with Crippen LogP contribution in [-0.2, 0) is 17.3 Å². The summed E-state index contributed by atoms with van der Waals surface area (Å²) < 4.78 is 50.7. The summed E-state index contributed by atoms with van der Waals surface area (Å²) in [6, 6.07) is 6.22. The molecule has 1 aromatic carbocycles. The predicted octanol–water partition coefficient (Wildman–Crippen LogP) is 3.77. The summed E-state index contributed by atoms with van der Waals surface area (Å²) in [5.41, 5.74) is -0.959. The number of carbonyl (C=O) groups is 2. The zero-order valence-electron chi connectivity index (χ0n) is 15.0. The van der Waals surface area contributed by atoms with Gasteiger partial charge in [-0.3, -0.25) is 4.79 Å². The van der Waals surface area contributed by atoms with Crippen LogP contribution < -0.4 is 0 Å². The first-order valence-electron chi connectivity index (χ1n) is 8.65. The molecule has 3 rings (SSSR count). The van der Waals surface area contributed by atoms with Crippen molar-refractivity contribution in [2.75, 3.05) is 19.7 Å². The van der Waals surface area contributed by atoms with Gasteiger partial charge in [0.15, 0.2) is 5.76 Å². The van der Waals surface area contributed by atoms with Gasteiger partial charge < -0.3 is 19.2 Å². The normalized spacial score (nSPS) is 17.6. The average Bonchev–Trinajstić information content (AvgIpc) is 3.11. The Morgan fingerprint density at radius 2 is 2.00 bits per heavy atom. The molecule has 1 fully saturated rings. The van der Waals surface area contributed by atoms with Crippen molar-refractivity contribution in [1.29, 1.82) is 0 Å². The molecular formula is C19H18F3NO5. The molecule has 0 bridgehead atoms. The van der Waals surface area contributed by atoms with Gasteiger partial charge in [-0.15, -0.1) is 0 Å². The number of carboxylic acids is 1. The van der Waals surface area contributed by atoms with Crippen LogP contribution >= 0.6 is 0 Å². The van der Waals surface area contributed by atoms with Crippen molar-refractivity contribution >= 4 is 11.9 Å². The van der Waals surface area contributed by atoms with Gasteiger partial charge in [0.1, 0.15) is 17.4 Å². The smallest absolute Gasteiger partial charge is 0.416 e. The first-order chi connectivity index (χ1) is 13.2. The molecule has 0 saturated carbocycles. The molecule has 1 atom stereocenters. The van der Waals surface area contributed by atoms with Gasteiger partial charge in [0.25, 0.3) is 5.91 Å². The van der Waals surface area contributed by atoms with E-state index in [0.717, 1.165) is 12.1 Å².